The smallest absolute Gasteiger partial charge is 0.346 e. The van der Waals surface area contributed by atoms with Gasteiger partial charge in [-0.2, -0.15) is 0 Å². The highest BCUT2D eigenvalue weighted by Gasteiger charge is 2.33. The van der Waals surface area contributed by atoms with Gasteiger partial charge < -0.3 is 14.9 Å². The van der Waals surface area contributed by atoms with Gasteiger partial charge in [0.05, 0.1) is 6.67 Å². The maximum atomic E-state index is 12.9. The van der Waals surface area contributed by atoms with E-state index >= 15 is 0 Å². The van der Waals surface area contributed by atoms with Gasteiger partial charge >= 0.3 is 13.6 Å². The van der Waals surface area contributed by atoms with Gasteiger partial charge in [-0.3, -0.25) is 24.7 Å². The summed E-state index contributed by atoms with van der Waals surface area (Å²) in [5.74, 6) is -6.23. The number of carboxylic acids is 1. The molecule has 9 nitrogen and oxygen atoms in total. The highest BCUT2D eigenvalue weighted by Crippen LogP contribution is 2.49. The Kier molecular flexibility index (Phi) is 7.00. The van der Waals surface area contributed by atoms with Gasteiger partial charge in [-0.25, -0.2) is 9.45 Å². The van der Waals surface area contributed by atoms with E-state index in [2.05, 4.69) is 5.32 Å². The molecule has 0 radical (unpaired) electrons. The summed E-state index contributed by atoms with van der Waals surface area (Å²) in [6, 6.07) is 4.28. The Morgan fingerprint density at radius 1 is 1.29 bits per heavy atom. The van der Waals surface area contributed by atoms with E-state index in [1.807, 2.05) is 0 Å². The Balaban J connectivity index is 2.86. The third-order valence-electron chi connectivity index (χ3n) is 3.22. The Morgan fingerprint density at radius 2 is 1.83 bits per heavy atom. The number of rotatable bonds is 8. The third-order valence-corrected chi connectivity index (χ3v) is 4.37. The van der Waals surface area contributed by atoms with Crippen LogP contribution in [0.25, 0.3) is 0 Å². The van der Waals surface area contributed by atoms with E-state index in [1.54, 1.807) is 0 Å². The molecular formula is C13H18FN2O7P. The number of carboxylic acid groups (broad SMARTS) is 1. The van der Waals surface area contributed by atoms with Crippen LogP contribution in [0.4, 0.5) is 4.39 Å². The molecule has 0 aliphatic carbocycles. The number of halogens is 1. The Morgan fingerprint density at radius 3 is 2.25 bits per heavy atom. The fourth-order valence-electron chi connectivity index (χ4n) is 1.96. The van der Waals surface area contributed by atoms with Gasteiger partial charge in [0, 0.05) is 0 Å². The van der Waals surface area contributed by atoms with Crippen molar-refractivity contribution in [3.8, 4) is 0 Å². The van der Waals surface area contributed by atoms with Crippen LogP contribution >= 0.6 is 7.60 Å². The largest absolute Gasteiger partial charge is 0.481 e. The average Bonchev–Trinajstić information content (AvgIpc) is 2.47. The molecule has 1 amide bonds. The first-order valence-corrected chi connectivity index (χ1v) is 8.53. The molecule has 0 saturated carbocycles. The summed E-state index contributed by atoms with van der Waals surface area (Å²) in [5.41, 5.74) is 0.0378. The Labute approximate surface area is 136 Å². The summed E-state index contributed by atoms with van der Waals surface area (Å²) in [6.07, 6.45) is -0.0644. The van der Waals surface area contributed by atoms with Crippen molar-refractivity contribution in [2.75, 3.05) is 6.67 Å². The maximum Gasteiger partial charge on any atom is 0.346 e. The molecule has 0 fully saturated rings. The number of amides is 1. The second kappa shape index (κ2) is 8.32. The van der Waals surface area contributed by atoms with Crippen LogP contribution in [0.2, 0.25) is 0 Å². The van der Waals surface area contributed by atoms with E-state index in [0.717, 1.165) is 24.3 Å². The minimum Gasteiger partial charge on any atom is -0.481 e. The summed E-state index contributed by atoms with van der Waals surface area (Å²) in [7, 11) is -4.75. The summed E-state index contributed by atoms with van der Waals surface area (Å²) in [4.78, 5) is 41.4. The molecule has 0 heterocycles. The SMILES string of the molecule is CCC(C(=O)O)C(=O)N(O)CNC(c1ccc(F)cc1)P(=O)(O)O. The van der Waals surface area contributed by atoms with Crippen LogP contribution in [-0.2, 0) is 14.2 Å². The molecule has 5 N–H and O–H groups in total. The Bertz CT molecular complexity index is 634. The van der Waals surface area contributed by atoms with Gasteiger partial charge in [0.25, 0.3) is 5.91 Å². The lowest BCUT2D eigenvalue weighted by molar-refractivity contribution is -0.176. The number of carbonyl (C=O) groups is 2. The van der Waals surface area contributed by atoms with Crippen LogP contribution in [0.3, 0.4) is 0 Å². The monoisotopic (exact) mass is 364 g/mol. The first kappa shape index (κ1) is 20.2. The van der Waals surface area contributed by atoms with Gasteiger partial charge in [0.1, 0.15) is 17.5 Å². The minimum atomic E-state index is -4.75. The molecular weight excluding hydrogens is 346 g/mol. The molecule has 2 unspecified atom stereocenters. The highest BCUT2D eigenvalue weighted by molar-refractivity contribution is 7.52. The van der Waals surface area contributed by atoms with Gasteiger partial charge in [0.15, 0.2) is 0 Å². The molecule has 0 aliphatic rings. The number of hydroxylamine groups is 2. The van der Waals surface area contributed by atoms with E-state index in [4.69, 9.17) is 5.11 Å². The number of nitrogens with one attached hydrogen (secondary N) is 1. The predicted molar refractivity (Wildman–Crippen MR) is 79.2 cm³/mol. The summed E-state index contributed by atoms with van der Waals surface area (Å²) >= 11 is 0. The van der Waals surface area contributed by atoms with Crippen LogP contribution in [0.15, 0.2) is 24.3 Å². The third kappa shape index (κ3) is 5.36. The van der Waals surface area contributed by atoms with E-state index < -0.39 is 43.7 Å². The first-order valence-electron chi connectivity index (χ1n) is 6.85. The van der Waals surface area contributed by atoms with Crippen LogP contribution in [0.1, 0.15) is 24.7 Å². The summed E-state index contributed by atoms with van der Waals surface area (Å²) < 4.78 is 24.5. The van der Waals surface area contributed by atoms with Crippen molar-refractivity contribution >= 4 is 19.5 Å². The summed E-state index contributed by atoms with van der Waals surface area (Å²) in [6.45, 7) is 0.713. The normalized spacial score (nSPS) is 14.0. The quantitative estimate of drug-likeness (QED) is 0.150. The minimum absolute atomic E-state index is 0.0362. The maximum absolute atomic E-state index is 12.9. The first-order chi connectivity index (χ1) is 11.1. The lowest BCUT2D eigenvalue weighted by Gasteiger charge is -2.24. The van der Waals surface area contributed by atoms with Gasteiger partial charge in [0.2, 0.25) is 0 Å². The molecule has 2 atom stereocenters. The number of hydrogen-bond donors (Lipinski definition) is 5. The number of aliphatic carboxylic acids is 1. The average molecular weight is 364 g/mol. The van der Waals surface area contributed by atoms with E-state index in [-0.39, 0.29) is 17.0 Å². The molecule has 1 aromatic rings. The predicted octanol–water partition coefficient (Wildman–Crippen LogP) is 0.878. The van der Waals surface area contributed by atoms with Crippen molar-refractivity contribution < 1.29 is 38.6 Å². The standard InChI is InChI=1S/C13H18FN2O7P/c1-2-10(13(18)19)12(17)16(20)7-15-11(24(21,22)23)8-3-5-9(14)6-4-8/h3-6,10-11,15,20H,2,7H2,1H3,(H,18,19)(H2,21,22,23). The van der Waals surface area contributed by atoms with Crippen molar-refractivity contribution in [1.29, 1.82) is 0 Å². The molecule has 0 spiro atoms. The van der Waals surface area contributed by atoms with Crippen molar-refractivity contribution in [2.24, 2.45) is 5.92 Å². The van der Waals surface area contributed by atoms with Crippen LogP contribution in [-0.4, -0.2) is 43.7 Å². The number of hydrogen-bond acceptors (Lipinski definition) is 5. The molecule has 0 saturated heterocycles. The van der Waals surface area contributed by atoms with Crippen molar-refractivity contribution in [2.45, 2.75) is 19.1 Å². The zero-order valence-corrected chi connectivity index (χ0v) is 13.6. The molecule has 1 aromatic carbocycles. The zero-order chi connectivity index (χ0) is 18.5. The number of benzene rings is 1. The summed E-state index contributed by atoms with van der Waals surface area (Å²) in [5, 5.41) is 20.8. The van der Waals surface area contributed by atoms with Crippen LogP contribution in [0, 0.1) is 11.7 Å². The number of nitrogens with zero attached hydrogens (tertiary/aromatic N) is 1. The lowest BCUT2D eigenvalue weighted by Crippen LogP contribution is -2.43. The zero-order valence-electron chi connectivity index (χ0n) is 12.7. The second-order valence-corrected chi connectivity index (χ2v) is 6.64. The van der Waals surface area contributed by atoms with Crippen molar-refractivity contribution in [3.05, 3.63) is 35.6 Å². The van der Waals surface area contributed by atoms with Crippen molar-refractivity contribution in [3.63, 3.8) is 0 Å². The van der Waals surface area contributed by atoms with E-state index in [0.29, 0.717) is 0 Å². The van der Waals surface area contributed by atoms with Crippen LogP contribution < -0.4 is 5.32 Å². The Hall–Kier alpha value is -1.84. The highest BCUT2D eigenvalue weighted by atomic mass is 31.2. The fourth-order valence-corrected chi connectivity index (χ4v) is 2.84. The van der Waals surface area contributed by atoms with E-state index in [9.17, 15) is 33.5 Å². The van der Waals surface area contributed by atoms with Crippen LogP contribution in [0.5, 0.6) is 0 Å². The molecule has 1 rings (SSSR count). The molecule has 0 aromatic heterocycles. The molecule has 24 heavy (non-hydrogen) atoms. The second-order valence-electron chi connectivity index (χ2n) is 4.94. The number of carbonyl (C=O) groups excluding carboxylic acids is 1. The molecule has 134 valence electrons. The van der Waals surface area contributed by atoms with Gasteiger partial charge in [-0.15, -0.1) is 0 Å². The fraction of sp³-hybridized carbons (Fsp3) is 0.385. The van der Waals surface area contributed by atoms with Gasteiger partial charge in [-0.1, -0.05) is 19.1 Å². The van der Waals surface area contributed by atoms with E-state index in [1.165, 1.54) is 6.92 Å². The topological polar surface area (TPSA) is 147 Å². The van der Waals surface area contributed by atoms with Gasteiger partial charge in [-0.05, 0) is 24.1 Å². The van der Waals surface area contributed by atoms with Crippen molar-refractivity contribution in [1.82, 2.24) is 10.4 Å². The molecule has 0 aliphatic heterocycles. The molecule has 0 bridgehead atoms. The molecule has 11 heteroatoms. The lowest BCUT2D eigenvalue weighted by atomic mass is 10.1.